The van der Waals surface area contributed by atoms with Crippen LogP contribution in [-0.4, -0.2) is 9.55 Å². The van der Waals surface area contributed by atoms with E-state index in [4.69, 9.17) is 11.6 Å². The van der Waals surface area contributed by atoms with Gasteiger partial charge in [-0.25, -0.2) is 0 Å². The van der Waals surface area contributed by atoms with Gasteiger partial charge in [-0.05, 0) is 30.3 Å². The zero-order chi connectivity index (χ0) is 15.2. The molecule has 3 nitrogen and oxygen atoms in total. The number of nitrogens with one attached hydrogen (secondary N) is 1. The normalized spacial score (nSPS) is 12.0. The van der Waals surface area contributed by atoms with Crippen molar-refractivity contribution >= 4 is 22.5 Å². The van der Waals surface area contributed by atoms with Gasteiger partial charge >= 0.3 is 6.18 Å². The number of halogens is 4. The van der Waals surface area contributed by atoms with Gasteiger partial charge in [0.15, 0.2) is 0 Å². The van der Waals surface area contributed by atoms with Gasteiger partial charge in [0.1, 0.15) is 0 Å². The Kier molecular flexibility index (Phi) is 3.06. The monoisotopic (exact) mass is 312 g/mol. The summed E-state index contributed by atoms with van der Waals surface area (Å²) in [6, 6.07) is 6.36. The third-order valence-corrected chi connectivity index (χ3v) is 3.46. The van der Waals surface area contributed by atoms with Crippen molar-refractivity contribution in [2.75, 3.05) is 0 Å². The molecule has 2 heterocycles. The molecule has 2 aromatic heterocycles. The van der Waals surface area contributed by atoms with Crippen molar-refractivity contribution in [3.05, 3.63) is 63.7 Å². The van der Waals surface area contributed by atoms with E-state index in [1.165, 1.54) is 12.3 Å². The Morgan fingerprint density at radius 3 is 2.57 bits per heavy atom. The van der Waals surface area contributed by atoms with Gasteiger partial charge < -0.3 is 9.55 Å². The number of nitrogens with zero attached hydrogens (tertiary/aromatic N) is 1. The number of H-pyrrole nitrogens is 1. The smallest absolute Gasteiger partial charge is 0.328 e. The molecule has 0 aliphatic carbocycles. The lowest BCUT2D eigenvalue weighted by Gasteiger charge is -2.11. The minimum absolute atomic E-state index is 0.0393. The Morgan fingerprint density at radius 1 is 1.14 bits per heavy atom. The number of rotatable bonds is 1. The molecule has 7 heteroatoms. The summed E-state index contributed by atoms with van der Waals surface area (Å²) in [5.74, 6) is 0. The van der Waals surface area contributed by atoms with Gasteiger partial charge in [0, 0.05) is 12.4 Å². The molecule has 21 heavy (non-hydrogen) atoms. The van der Waals surface area contributed by atoms with Gasteiger partial charge in [-0.1, -0.05) is 11.6 Å². The maximum Gasteiger partial charge on any atom is 0.416 e. The summed E-state index contributed by atoms with van der Waals surface area (Å²) in [6.45, 7) is 0. The molecular weight excluding hydrogens is 305 g/mol. The molecule has 1 N–H and O–H groups in total. The zero-order valence-corrected chi connectivity index (χ0v) is 11.2. The second-order valence-electron chi connectivity index (χ2n) is 4.46. The molecule has 0 amide bonds. The molecule has 1 aromatic carbocycles. The van der Waals surface area contributed by atoms with Gasteiger partial charge in [-0.2, -0.15) is 13.2 Å². The molecule has 0 saturated carbocycles. The number of pyridine rings is 1. The highest BCUT2D eigenvalue weighted by Gasteiger charge is 2.31. The number of alkyl halides is 3. The zero-order valence-electron chi connectivity index (χ0n) is 10.4. The predicted molar refractivity (Wildman–Crippen MR) is 73.9 cm³/mol. The number of aromatic amines is 1. The third kappa shape index (κ3) is 2.31. The maximum atomic E-state index is 12.6. The Labute approximate surface area is 121 Å². The molecule has 0 bridgehead atoms. The molecule has 0 aliphatic heterocycles. The number of benzene rings is 1. The largest absolute Gasteiger partial charge is 0.416 e. The first-order chi connectivity index (χ1) is 9.88. The summed E-state index contributed by atoms with van der Waals surface area (Å²) in [7, 11) is 0. The first-order valence-electron chi connectivity index (χ1n) is 5.94. The molecule has 108 valence electrons. The van der Waals surface area contributed by atoms with Crippen LogP contribution >= 0.6 is 11.6 Å². The van der Waals surface area contributed by atoms with Crippen molar-refractivity contribution < 1.29 is 13.2 Å². The molecule has 0 atom stereocenters. The molecular formula is C14H8ClF3N2O. The van der Waals surface area contributed by atoms with Crippen molar-refractivity contribution in [2.24, 2.45) is 0 Å². The number of fused-ring (bicyclic) bond motifs is 1. The summed E-state index contributed by atoms with van der Waals surface area (Å²) < 4.78 is 39.5. The Balaban J connectivity index is 2.20. The first-order valence-corrected chi connectivity index (χ1v) is 6.31. The molecule has 0 saturated heterocycles. The summed E-state index contributed by atoms with van der Waals surface area (Å²) in [5, 5.41) is 0.399. The fraction of sp³-hybridized carbons (Fsp3) is 0.0714. The standard InChI is InChI=1S/C14H8ClF3N2O/c15-10-7-8(14(16,17)18)1-2-12(10)20-6-4-9-11(20)3-5-19-13(9)21/h1-7H,(H,19,21). The van der Waals surface area contributed by atoms with Crippen molar-refractivity contribution in [3.63, 3.8) is 0 Å². The molecule has 0 radical (unpaired) electrons. The van der Waals surface area contributed by atoms with E-state index in [1.54, 1.807) is 22.9 Å². The van der Waals surface area contributed by atoms with Crippen LogP contribution in [0.25, 0.3) is 16.6 Å². The molecule has 0 fully saturated rings. The topological polar surface area (TPSA) is 37.8 Å². The second-order valence-corrected chi connectivity index (χ2v) is 4.86. The van der Waals surface area contributed by atoms with Crippen LogP contribution in [0.1, 0.15) is 5.56 Å². The highest BCUT2D eigenvalue weighted by Crippen LogP contribution is 2.33. The van der Waals surface area contributed by atoms with E-state index in [0.717, 1.165) is 12.1 Å². The van der Waals surface area contributed by atoms with E-state index < -0.39 is 11.7 Å². The predicted octanol–water partition coefficient (Wildman–Crippen LogP) is 3.99. The fourth-order valence-corrected chi connectivity index (χ4v) is 2.44. The van der Waals surface area contributed by atoms with E-state index in [0.29, 0.717) is 16.6 Å². The molecule has 0 unspecified atom stereocenters. The second kappa shape index (κ2) is 4.66. The van der Waals surface area contributed by atoms with Crippen LogP contribution in [0.4, 0.5) is 13.2 Å². The summed E-state index contributed by atoms with van der Waals surface area (Å²) >= 11 is 5.96. The lowest BCUT2D eigenvalue weighted by atomic mass is 10.2. The Morgan fingerprint density at radius 2 is 1.90 bits per heavy atom. The average molecular weight is 313 g/mol. The van der Waals surface area contributed by atoms with Gasteiger partial charge in [0.2, 0.25) is 0 Å². The lowest BCUT2D eigenvalue weighted by molar-refractivity contribution is -0.137. The summed E-state index contributed by atoms with van der Waals surface area (Å²) in [4.78, 5) is 14.2. The van der Waals surface area contributed by atoms with Gasteiger partial charge in [0.25, 0.3) is 5.56 Å². The number of aromatic nitrogens is 2. The van der Waals surface area contributed by atoms with Crippen LogP contribution in [0.15, 0.2) is 47.5 Å². The van der Waals surface area contributed by atoms with Crippen LogP contribution in [0.5, 0.6) is 0 Å². The van der Waals surface area contributed by atoms with Gasteiger partial charge in [-0.15, -0.1) is 0 Å². The van der Waals surface area contributed by atoms with E-state index in [9.17, 15) is 18.0 Å². The van der Waals surface area contributed by atoms with E-state index in [-0.39, 0.29) is 10.6 Å². The van der Waals surface area contributed by atoms with E-state index in [1.807, 2.05) is 0 Å². The highest BCUT2D eigenvalue weighted by atomic mass is 35.5. The van der Waals surface area contributed by atoms with Crippen LogP contribution in [0.2, 0.25) is 5.02 Å². The van der Waals surface area contributed by atoms with E-state index >= 15 is 0 Å². The Bertz CT molecular complexity index is 880. The van der Waals surface area contributed by atoms with Crippen molar-refractivity contribution in [3.8, 4) is 5.69 Å². The van der Waals surface area contributed by atoms with Crippen LogP contribution < -0.4 is 5.56 Å². The third-order valence-electron chi connectivity index (χ3n) is 3.16. The van der Waals surface area contributed by atoms with Crippen LogP contribution in [0, 0.1) is 0 Å². The maximum absolute atomic E-state index is 12.6. The minimum Gasteiger partial charge on any atom is -0.328 e. The van der Waals surface area contributed by atoms with E-state index in [2.05, 4.69) is 4.98 Å². The lowest BCUT2D eigenvalue weighted by Crippen LogP contribution is -2.06. The highest BCUT2D eigenvalue weighted by molar-refractivity contribution is 6.32. The molecule has 3 aromatic rings. The molecule has 0 aliphatic rings. The SMILES string of the molecule is O=c1[nH]ccc2c1ccn2-c1ccc(C(F)(F)F)cc1Cl. The number of hydrogen-bond donors (Lipinski definition) is 1. The Hall–Kier alpha value is -2.21. The van der Waals surface area contributed by atoms with Crippen molar-refractivity contribution in [1.29, 1.82) is 0 Å². The summed E-state index contributed by atoms with van der Waals surface area (Å²) in [6.07, 6.45) is -1.38. The fourth-order valence-electron chi connectivity index (χ4n) is 2.17. The number of hydrogen-bond acceptors (Lipinski definition) is 1. The molecule has 3 rings (SSSR count). The first kappa shape index (κ1) is 13.8. The van der Waals surface area contributed by atoms with Gasteiger partial charge in [0.05, 0.1) is 27.2 Å². The quantitative estimate of drug-likeness (QED) is 0.725. The summed E-state index contributed by atoms with van der Waals surface area (Å²) in [5.41, 5.74) is -0.134. The average Bonchev–Trinajstić information content (AvgIpc) is 2.83. The van der Waals surface area contributed by atoms with Crippen molar-refractivity contribution in [1.82, 2.24) is 9.55 Å². The molecule has 0 spiro atoms. The van der Waals surface area contributed by atoms with Gasteiger partial charge in [-0.3, -0.25) is 4.79 Å². The van der Waals surface area contributed by atoms with Crippen LogP contribution in [-0.2, 0) is 6.18 Å². The minimum atomic E-state index is -4.45. The van der Waals surface area contributed by atoms with Crippen molar-refractivity contribution in [2.45, 2.75) is 6.18 Å². The van der Waals surface area contributed by atoms with Crippen LogP contribution in [0.3, 0.4) is 0 Å².